The van der Waals surface area contributed by atoms with Crippen LogP contribution in [-0.2, 0) is 0 Å². The lowest BCUT2D eigenvalue weighted by Crippen LogP contribution is -1.93. The molecule has 3 heteroatoms. The minimum absolute atomic E-state index is 0.709. The molecule has 0 fully saturated rings. The maximum absolute atomic E-state index is 6.05. The molecule has 1 aromatic heterocycles. The fraction of sp³-hybridized carbons (Fsp3) is 0.118. The average Bonchev–Trinajstić information content (AvgIpc) is 2.45. The van der Waals surface area contributed by atoms with Crippen LogP contribution in [-0.4, -0.2) is 4.98 Å². The number of anilines is 1. The first-order chi connectivity index (χ1) is 9.65. The van der Waals surface area contributed by atoms with Crippen LogP contribution in [0.3, 0.4) is 0 Å². The normalized spacial score (nSPS) is 10.7. The molecule has 0 atom stereocenters. The number of nitrogen functional groups attached to an aromatic ring is 1. The van der Waals surface area contributed by atoms with Crippen molar-refractivity contribution in [3.8, 4) is 11.5 Å². The Labute approximate surface area is 118 Å². The molecule has 0 aliphatic carbocycles. The van der Waals surface area contributed by atoms with Gasteiger partial charge in [0.2, 0.25) is 0 Å². The Bertz CT molecular complexity index is 781. The highest BCUT2D eigenvalue weighted by atomic mass is 16.5. The van der Waals surface area contributed by atoms with E-state index >= 15 is 0 Å². The number of fused-ring (bicyclic) bond motifs is 1. The van der Waals surface area contributed by atoms with Crippen LogP contribution in [0, 0.1) is 13.8 Å². The summed E-state index contributed by atoms with van der Waals surface area (Å²) in [7, 11) is 0. The van der Waals surface area contributed by atoms with E-state index in [0.717, 1.165) is 27.8 Å². The van der Waals surface area contributed by atoms with E-state index in [2.05, 4.69) is 18.0 Å². The first-order valence-electron chi connectivity index (χ1n) is 6.52. The zero-order chi connectivity index (χ0) is 14.1. The molecule has 3 rings (SSSR count). The van der Waals surface area contributed by atoms with Crippen LogP contribution >= 0.6 is 0 Å². The first-order valence-corrected chi connectivity index (χ1v) is 6.52. The van der Waals surface area contributed by atoms with E-state index in [-0.39, 0.29) is 0 Å². The third-order valence-electron chi connectivity index (χ3n) is 3.36. The van der Waals surface area contributed by atoms with Crippen molar-refractivity contribution in [1.29, 1.82) is 0 Å². The molecule has 2 N–H and O–H groups in total. The highest BCUT2D eigenvalue weighted by Crippen LogP contribution is 2.33. The Hall–Kier alpha value is -2.55. The van der Waals surface area contributed by atoms with E-state index in [4.69, 9.17) is 10.5 Å². The summed E-state index contributed by atoms with van der Waals surface area (Å²) in [5.41, 5.74) is 9.02. The molecule has 0 unspecified atom stereocenters. The van der Waals surface area contributed by atoms with Crippen LogP contribution in [0.25, 0.3) is 10.8 Å². The Balaban J connectivity index is 2.09. The van der Waals surface area contributed by atoms with Crippen LogP contribution < -0.4 is 10.5 Å². The maximum Gasteiger partial charge on any atom is 0.135 e. The van der Waals surface area contributed by atoms with Crippen molar-refractivity contribution >= 4 is 16.5 Å². The highest BCUT2D eigenvalue weighted by molar-refractivity contribution is 5.96. The molecule has 0 aliphatic heterocycles. The zero-order valence-corrected chi connectivity index (χ0v) is 11.6. The first kappa shape index (κ1) is 12.5. The number of nitrogens with zero attached hydrogens (tertiary/aromatic N) is 1. The molecule has 0 amide bonds. The third kappa shape index (κ3) is 2.18. The van der Waals surface area contributed by atoms with Gasteiger partial charge in [-0.3, -0.25) is 4.98 Å². The van der Waals surface area contributed by atoms with Gasteiger partial charge < -0.3 is 10.5 Å². The summed E-state index contributed by atoms with van der Waals surface area (Å²) in [6.45, 7) is 4.12. The number of benzene rings is 2. The maximum atomic E-state index is 6.05. The number of pyridine rings is 1. The minimum atomic E-state index is 0.709. The molecule has 0 saturated heterocycles. The third-order valence-corrected chi connectivity index (χ3v) is 3.36. The standard InChI is InChI=1S/C17H16N2O/c1-11-3-5-16(12(2)9-11)20-17-6-4-15(18)14-10-19-8-7-13(14)17/h3-10H,18H2,1-2H3. The van der Waals surface area contributed by atoms with E-state index in [1.54, 1.807) is 12.4 Å². The molecule has 0 bridgehead atoms. The molecule has 0 spiro atoms. The lowest BCUT2D eigenvalue weighted by atomic mass is 10.1. The summed E-state index contributed by atoms with van der Waals surface area (Å²) in [5.74, 6) is 1.65. The second-order valence-electron chi connectivity index (χ2n) is 4.95. The zero-order valence-electron chi connectivity index (χ0n) is 11.6. The van der Waals surface area contributed by atoms with Gasteiger partial charge in [-0.2, -0.15) is 0 Å². The molecule has 0 saturated carbocycles. The van der Waals surface area contributed by atoms with Crippen molar-refractivity contribution in [2.75, 3.05) is 5.73 Å². The lowest BCUT2D eigenvalue weighted by molar-refractivity contribution is 0.484. The second-order valence-corrected chi connectivity index (χ2v) is 4.95. The SMILES string of the molecule is Cc1ccc(Oc2ccc(N)c3cnccc23)c(C)c1. The number of nitrogens with two attached hydrogens (primary N) is 1. The number of aryl methyl sites for hydroxylation is 2. The van der Waals surface area contributed by atoms with Gasteiger partial charge in [-0.05, 0) is 43.7 Å². The van der Waals surface area contributed by atoms with Crippen LogP contribution in [0.5, 0.6) is 11.5 Å². The number of hydrogen-bond donors (Lipinski definition) is 1. The fourth-order valence-corrected chi connectivity index (χ4v) is 2.31. The molecule has 3 nitrogen and oxygen atoms in total. The molecular formula is C17H16N2O. The van der Waals surface area contributed by atoms with Crippen molar-refractivity contribution in [2.24, 2.45) is 0 Å². The quantitative estimate of drug-likeness (QED) is 0.705. The lowest BCUT2D eigenvalue weighted by Gasteiger charge is -2.12. The molecule has 100 valence electrons. The summed E-state index contributed by atoms with van der Waals surface area (Å²) < 4.78 is 6.05. The van der Waals surface area contributed by atoms with Gasteiger partial charge >= 0.3 is 0 Å². The fourth-order valence-electron chi connectivity index (χ4n) is 2.31. The van der Waals surface area contributed by atoms with Crippen molar-refractivity contribution in [3.63, 3.8) is 0 Å². The minimum Gasteiger partial charge on any atom is -0.456 e. The van der Waals surface area contributed by atoms with E-state index in [9.17, 15) is 0 Å². The van der Waals surface area contributed by atoms with E-state index in [1.165, 1.54) is 5.56 Å². The van der Waals surface area contributed by atoms with Gasteiger partial charge in [0.25, 0.3) is 0 Å². The molecular weight excluding hydrogens is 248 g/mol. The Morgan fingerprint density at radius 2 is 1.75 bits per heavy atom. The van der Waals surface area contributed by atoms with Crippen molar-refractivity contribution in [1.82, 2.24) is 4.98 Å². The van der Waals surface area contributed by atoms with Gasteiger partial charge in [0.05, 0.1) is 0 Å². The molecule has 20 heavy (non-hydrogen) atoms. The predicted molar refractivity (Wildman–Crippen MR) is 82.1 cm³/mol. The Morgan fingerprint density at radius 3 is 2.55 bits per heavy atom. The predicted octanol–water partition coefficient (Wildman–Crippen LogP) is 4.23. The van der Waals surface area contributed by atoms with E-state index in [1.807, 2.05) is 37.3 Å². The van der Waals surface area contributed by atoms with Crippen molar-refractivity contribution in [3.05, 3.63) is 59.9 Å². The van der Waals surface area contributed by atoms with Gasteiger partial charge in [-0.25, -0.2) is 0 Å². The second kappa shape index (κ2) is 4.85. The van der Waals surface area contributed by atoms with Gasteiger partial charge in [0.1, 0.15) is 11.5 Å². The van der Waals surface area contributed by atoms with Crippen LogP contribution in [0.15, 0.2) is 48.8 Å². The number of rotatable bonds is 2. The molecule has 0 radical (unpaired) electrons. The summed E-state index contributed by atoms with van der Waals surface area (Å²) in [6.07, 6.45) is 3.51. The summed E-state index contributed by atoms with van der Waals surface area (Å²) in [4.78, 5) is 4.12. The van der Waals surface area contributed by atoms with E-state index < -0.39 is 0 Å². The van der Waals surface area contributed by atoms with Gasteiger partial charge in [-0.1, -0.05) is 17.7 Å². The monoisotopic (exact) mass is 264 g/mol. The van der Waals surface area contributed by atoms with Crippen LogP contribution in [0.1, 0.15) is 11.1 Å². The molecule has 3 aromatic rings. The van der Waals surface area contributed by atoms with Gasteiger partial charge in [0.15, 0.2) is 0 Å². The van der Waals surface area contributed by atoms with Crippen molar-refractivity contribution in [2.45, 2.75) is 13.8 Å². The topological polar surface area (TPSA) is 48.1 Å². The van der Waals surface area contributed by atoms with Gasteiger partial charge in [-0.15, -0.1) is 0 Å². The van der Waals surface area contributed by atoms with Crippen LogP contribution in [0.4, 0.5) is 5.69 Å². The summed E-state index contributed by atoms with van der Waals surface area (Å²) in [5, 5.41) is 1.88. The number of aromatic nitrogens is 1. The molecule has 0 aliphatic rings. The Morgan fingerprint density at radius 1 is 0.950 bits per heavy atom. The molecule has 1 heterocycles. The highest BCUT2D eigenvalue weighted by Gasteiger charge is 2.07. The largest absolute Gasteiger partial charge is 0.456 e. The summed E-state index contributed by atoms with van der Waals surface area (Å²) in [6, 6.07) is 11.8. The summed E-state index contributed by atoms with van der Waals surface area (Å²) >= 11 is 0. The van der Waals surface area contributed by atoms with Crippen molar-refractivity contribution < 1.29 is 4.74 Å². The van der Waals surface area contributed by atoms with Crippen LogP contribution in [0.2, 0.25) is 0 Å². The van der Waals surface area contributed by atoms with E-state index in [0.29, 0.717) is 5.69 Å². The molecule has 2 aromatic carbocycles. The number of hydrogen-bond acceptors (Lipinski definition) is 3. The Kier molecular flexibility index (Phi) is 3.03. The smallest absolute Gasteiger partial charge is 0.135 e. The van der Waals surface area contributed by atoms with Gasteiger partial charge in [0, 0.05) is 28.9 Å². The number of ether oxygens (including phenoxy) is 1. The average molecular weight is 264 g/mol.